The molecule has 4 heteroatoms. The first-order valence-electron chi connectivity index (χ1n) is 5.31. The third-order valence-corrected chi connectivity index (χ3v) is 3.57. The van der Waals surface area contributed by atoms with Crippen molar-refractivity contribution in [1.82, 2.24) is 4.90 Å². The Morgan fingerprint density at radius 2 is 2.25 bits per heavy atom. The van der Waals surface area contributed by atoms with E-state index in [-0.39, 0.29) is 12.1 Å². The van der Waals surface area contributed by atoms with Gasteiger partial charge in [0.25, 0.3) is 0 Å². The lowest BCUT2D eigenvalue weighted by Gasteiger charge is -2.42. The van der Waals surface area contributed by atoms with E-state index in [2.05, 4.69) is 0 Å². The monoisotopic (exact) mass is 241 g/mol. The van der Waals surface area contributed by atoms with Crippen molar-refractivity contribution < 1.29 is 9.84 Å². The van der Waals surface area contributed by atoms with Gasteiger partial charge in [0.05, 0.1) is 18.8 Å². The number of hydrogen-bond donors (Lipinski definition) is 1. The Morgan fingerprint density at radius 1 is 1.50 bits per heavy atom. The van der Waals surface area contributed by atoms with Crippen molar-refractivity contribution in [2.24, 2.45) is 0 Å². The quantitative estimate of drug-likeness (QED) is 0.858. The number of ether oxygens (including phenoxy) is 1. The number of aliphatic hydroxyl groups excluding tert-OH is 1. The standard InChI is InChI=1S/C12H16ClNO2/c1-14(2)12(8-15)5-6-16-11-4-3-9(13)7-10(11)12/h3-4,7,15H,5-6,8H2,1-2H3. The second-order valence-electron chi connectivity index (χ2n) is 4.32. The minimum absolute atomic E-state index is 0.0662. The maximum atomic E-state index is 9.71. The predicted octanol–water partition coefficient (Wildman–Crippen LogP) is 1.87. The minimum atomic E-state index is -0.377. The molecule has 1 atom stereocenters. The topological polar surface area (TPSA) is 32.7 Å². The average Bonchev–Trinajstić information content (AvgIpc) is 2.27. The van der Waals surface area contributed by atoms with Gasteiger partial charge in [0.15, 0.2) is 0 Å². The molecular weight excluding hydrogens is 226 g/mol. The zero-order chi connectivity index (χ0) is 11.8. The fourth-order valence-corrected chi connectivity index (χ4v) is 2.40. The lowest BCUT2D eigenvalue weighted by atomic mass is 9.84. The van der Waals surface area contributed by atoms with E-state index in [0.717, 1.165) is 17.7 Å². The maximum Gasteiger partial charge on any atom is 0.124 e. The summed E-state index contributed by atoms with van der Waals surface area (Å²) in [7, 11) is 3.93. The lowest BCUT2D eigenvalue weighted by molar-refractivity contribution is 0.0283. The fraction of sp³-hybridized carbons (Fsp3) is 0.500. The van der Waals surface area contributed by atoms with Crippen LogP contribution < -0.4 is 4.74 Å². The molecule has 0 aromatic heterocycles. The van der Waals surface area contributed by atoms with Crippen LogP contribution in [0.4, 0.5) is 0 Å². The van der Waals surface area contributed by atoms with Gasteiger partial charge in [0.2, 0.25) is 0 Å². The molecule has 1 aliphatic heterocycles. The second kappa shape index (κ2) is 4.24. The van der Waals surface area contributed by atoms with E-state index in [4.69, 9.17) is 16.3 Å². The summed E-state index contributed by atoms with van der Waals surface area (Å²) in [5.41, 5.74) is 0.595. The predicted molar refractivity (Wildman–Crippen MR) is 64.0 cm³/mol. The molecular formula is C12H16ClNO2. The highest BCUT2D eigenvalue weighted by atomic mass is 35.5. The third kappa shape index (κ3) is 1.69. The number of aliphatic hydroxyl groups is 1. The average molecular weight is 242 g/mol. The van der Waals surface area contributed by atoms with Gasteiger partial charge in [-0.15, -0.1) is 0 Å². The molecule has 0 spiro atoms. The van der Waals surface area contributed by atoms with E-state index in [1.54, 1.807) is 0 Å². The Bertz CT molecular complexity index is 395. The van der Waals surface area contributed by atoms with E-state index in [0.29, 0.717) is 11.6 Å². The number of rotatable bonds is 2. The Morgan fingerprint density at radius 3 is 2.88 bits per heavy atom. The normalized spacial score (nSPS) is 24.1. The van der Waals surface area contributed by atoms with Crippen LogP contribution in [-0.2, 0) is 5.54 Å². The minimum Gasteiger partial charge on any atom is -0.493 e. The molecule has 1 aromatic carbocycles. The van der Waals surface area contributed by atoms with Gasteiger partial charge in [-0.25, -0.2) is 0 Å². The molecule has 88 valence electrons. The molecule has 0 saturated heterocycles. The smallest absolute Gasteiger partial charge is 0.124 e. The molecule has 1 heterocycles. The summed E-state index contributed by atoms with van der Waals surface area (Å²) < 4.78 is 5.59. The zero-order valence-corrected chi connectivity index (χ0v) is 10.3. The van der Waals surface area contributed by atoms with Gasteiger partial charge in [0, 0.05) is 17.0 Å². The first kappa shape index (κ1) is 11.7. The molecule has 3 nitrogen and oxygen atoms in total. The Hall–Kier alpha value is -0.770. The summed E-state index contributed by atoms with van der Waals surface area (Å²) in [6.45, 7) is 0.685. The van der Waals surface area contributed by atoms with E-state index >= 15 is 0 Å². The highest BCUT2D eigenvalue weighted by molar-refractivity contribution is 6.30. The Labute approximate surface area is 101 Å². The first-order valence-corrected chi connectivity index (χ1v) is 5.69. The molecule has 0 fully saturated rings. The van der Waals surface area contributed by atoms with Crippen LogP contribution in [-0.4, -0.2) is 37.3 Å². The van der Waals surface area contributed by atoms with Gasteiger partial charge in [-0.05, 0) is 32.3 Å². The Balaban J connectivity index is 2.56. The third-order valence-electron chi connectivity index (χ3n) is 3.33. The van der Waals surface area contributed by atoms with Crippen LogP contribution in [0.2, 0.25) is 5.02 Å². The van der Waals surface area contributed by atoms with Crippen molar-refractivity contribution in [3.05, 3.63) is 28.8 Å². The van der Waals surface area contributed by atoms with Crippen molar-refractivity contribution in [3.8, 4) is 5.75 Å². The lowest BCUT2D eigenvalue weighted by Crippen LogP contribution is -2.48. The van der Waals surface area contributed by atoms with E-state index in [1.165, 1.54) is 0 Å². The fourth-order valence-electron chi connectivity index (χ4n) is 2.23. The van der Waals surface area contributed by atoms with Crippen LogP contribution in [0.5, 0.6) is 5.75 Å². The van der Waals surface area contributed by atoms with Crippen LogP contribution in [0, 0.1) is 0 Å². The largest absolute Gasteiger partial charge is 0.493 e. The summed E-state index contributed by atoms with van der Waals surface area (Å²) in [4.78, 5) is 2.03. The molecule has 1 N–H and O–H groups in total. The summed E-state index contributed by atoms with van der Waals surface area (Å²) in [6.07, 6.45) is 0.768. The van der Waals surface area contributed by atoms with Gasteiger partial charge in [-0.2, -0.15) is 0 Å². The number of benzene rings is 1. The van der Waals surface area contributed by atoms with Crippen LogP contribution in [0.25, 0.3) is 0 Å². The summed E-state index contributed by atoms with van der Waals surface area (Å²) in [5, 5.41) is 10.4. The van der Waals surface area contributed by atoms with Crippen LogP contribution >= 0.6 is 11.6 Å². The van der Waals surface area contributed by atoms with Gasteiger partial charge in [0.1, 0.15) is 5.75 Å². The Kier molecular flexibility index (Phi) is 3.10. The number of halogens is 1. The van der Waals surface area contributed by atoms with Crippen LogP contribution in [0.1, 0.15) is 12.0 Å². The molecule has 1 aromatic rings. The highest BCUT2D eigenvalue weighted by Crippen LogP contribution is 2.41. The molecule has 1 unspecified atom stereocenters. The van der Waals surface area contributed by atoms with Crippen LogP contribution in [0.3, 0.4) is 0 Å². The van der Waals surface area contributed by atoms with Crippen molar-refractivity contribution >= 4 is 11.6 Å². The molecule has 2 rings (SSSR count). The SMILES string of the molecule is CN(C)C1(CO)CCOc2ccc(Cl)cc21. The number of fused-ring (bicyclic) bond motifs is 1. The molecule has 1 aliphatic rings. The van der Waals surface area contributed by atoms with Gasteiger partial charge in [-0.3, -0.25) is 4.90 Å². The van der Waals surface area contributed by atoms with Crippen molar-refractivity contribution in [2.45, 2.75) is 12.0 Å². The summed E-state index contributed by atoms with van der Waals surface area (Å²) >= 11 is 6.01. The summed E-state index contributed by atoms with van der Waals surface area (Å²) in [5.74, 6) is 0.818. The highest BCUT2D eigenvalue weighted by Gasteiger charge is 2.39. The van der Waals surface area contributed by atoms with E-state index in [1.807, 2.05) is 37.2 Å². The van der Waals surface area contributed by atoms with Crippen molar-refractivity contribution in [2.75, 3.05) is 27.3 Å². The molecule has 16 heavy (non-hydrogen) atoms. The second-order valence-corrected chi connectivity index (χ2v) is 4.76. The van der Waals surface area contributed by atoms with Gasteiger partial charge >= 0.3 is 0 Å². The van der Waals surface area contributed by atoms with Crippen molar-refractivity contribution in [3.63, 3.8) is 0 Å². The van der Waals surface area contributed by atoms with Crippen LogP contribution in [0.15, 0.2) is 18.2 Å². The maximum absolute atomic E-state index is 9.71. The molecule has 0 aliphatic carbocycles. The van der Waals surface area contributed by atoms with E-state index < -0.39 is 0 Å². The van der Waals surface area contributed by atoms with Gasteiger partial charge in [-0.1, -0.05) is 11.6 Å². The van der Waals surface area contributed by atoms with Crippen molar-refractivity contribution in [1.29, 1.82) is 0 Å². The number of nitrogens with zero attached hydrogens (tertiary/aromatic N) is 1. The molecule has 0 bridgehead atoms. The summed E-state index contributed by atoms with van der Waals surface area (Å²) in [6, 6.07) is 5.56. The van der Waals surface area contributed by atoms with Gasteiger partial charge < -0.3 is 9.84 Å². The van der Waals surface area contributed by atoms with E-state index in [9.17, 15) is 5.11 Å². The zero-order valence-electron chi connectivity index (χ0n) is 9.53. The molecule has 0 saturated carbocycles. The number of likely N-dealkylation sites (N-methyl/N-ethyl adjacent to an activating group) is 1. The number of hydrogen-bond acceptors (Lipinski definition) is 3. The first-order chi connectivity index (χ1) is 7.60. The molecule has 0 amide bonds. The molecule has 0 radical (unpaired) electrons.